The second-order valence-corrected chi connectivity index (χ2v) is 8.93. The molecule has 7 nitrogen and oxygen atoms in total. The fourth-order valence-electron chi connectivity index (χ4n) is 4.06. The number of nitrogens with one attached hydrogen (secondary N) is 2. The topological polar surface area (TPSA) is 79.3 Å². The molecule has 0 spiro atoms. The molecule has 4 rings (SSSR count). The number of likely N-dealkylation sites (tertiary alicyclic amines) is 1. The van der Waals surface area contributed by atoms with Crippen LogP contribution < -0.4 is 10.6 Å². The van der Waals surface area contributed by atoms with Crippen LogP contribution in [0.3, 0.4) is 0 Å². The molecule has 0 bridgehead atoms. The monoisotopic (exact) mass is 465 g/mol. The van der Waals surface area contributed by atoms with Gasteiger partial charge >= 0.3 is 6.03 Å². The van der Waals surface area contributed by atoms with Crippen molar-refractivity contribution >= 4 is 29.2 Å². The molecule has 2 N–H and O–H groups in total. The number of amides is 3. The number of urea groups is 1. The molecule has 1 aromatic heterocycles. The third-order valence-corrected chi connectivity index (χ3v) is 5.91. The van der Waals surface area contributed by atoms with Gasteiger partial charge in [0, 0.05) is 30.3 Å². The average Bonchev–Trinajstić information content (AvgIpc) is 3.48. The Morgan fingerprint density at radius 3 is 2.58 bits per heavy atom. The summed E-state index contributed by atoms with van der Waals surface area (Å²) in [6, 6.07) is 14.8. The number of hydrogen-bond donors (Lipinski definition) is 2. The van der Waals surface area contributed by atoms with Gasteiger partial charge in [0.15, 0.2) is 0 Å². The van der Waals surface area contributed by atoms with E-state index in [2.05, 4.69) is 15.7 Å². The lowest BCUT2D eigenvalue weighted by Crippen LogP contribution is -2.32. The first-order chi connectivity index (χ1) is 15.9. The number of anilines is 1. The van der Waals surface area contributed by atoms with Gasteiger partial charge in [-0.1, -0.05) is 43.6 Å². The van der Waals surface area contributed by atoms with Gasteiger partial charge in [-0.2, -0.15) is 5.10 Å². The van der Waals surface area contributed by atoms with Gasteiger partial charge in [-0.15, -0.1) is 0 Å². The van der Waals surface area contributed by atoms with Crippen molar-refractivity contribution in [1.29, 1.82) is 0 Å². The van der Waals surface area contributed by atoms with Crippen LogP contribution in [-0.4, -0.2) is 39.7 Å². The van der Waals surface area contributed by atoms with Crippen molar-refractivity contribution in [2.45, 2.75) is 39.2 Å². The van der Waals surface area contributed by atoms with E-state index in [0.717, 1.165) is 48.6 Å². The summed E-state index contributed by atoms with van der Waals surface area (Å²) in [4.78, 5) is 27.2. The smallest absolute Gasteiger partial charge is 0.321 e. The van der Waals surface area contributed by atoms with Crippen LogP contribution in [0.2, 0.25) is 5.02 Å². The SMILES string of the molecule is CC(C)c1c(C(=O)NCc2cccc(NC(=O)N3CCCC3)c2)cnn1-c1cccc(Cl)c1. The number of rotatable bonds is 6. The zero-order valence-electron chi connectivity index (χ0n) is 18.8. The molecule has 2 heterocycles. The first-order valence-corrected chi connectivity index (χ1v) is 11.6. The maximum absolute atomic E-state index is 13.0. The summed E-state index contributed by atoms with van der Waals surface area (Å²) >= 11 is 6.15. The molecule has 1 aliphatic heterocycles. The highest BCUT2D eigenvalue weighted by Crippen LogP contribution is 2.24. The van der Waals surface area contributed by atoms with Crippen LogP contribution in [-0.2, 0) is 6.54 Å². The quantitative estimate of drug-likeness (QED) is 0.524. The van der Waals surface area contributed by atoms with E-state index >= 15 is 0 Å². The summed E-state index contributed by atoms with van der Waals surface area (Å²) in [5, 5.41) is 11.0. The molecule has 0 atom stereocenters. The predicted molar refractivity (Wildman–Crippen MR) is 130 cm³/mol. The van der Waals surface area contributed by atoms with Gasteiger partial charge < -0.3 is 15.5 Å². The van der Waals surface area contributed by atoms with Gasteiger partial charge in [0.25, 0.3) is 5.91 Å². The normalized spacial score (nSPS) is 13.4. The highest BCUT2D eigenvalue weighted by atomic mass is 35.5. The lowest BCUT2D eigenvalue weighted by molar-refractivity contribution is 0.0949. The number of carbonyl (C=O) groups is 2. The molecule has 3 amide bonds. The molecule has 3 aromatic rings. The molecule has 0 saturated carbocycles. The Kier molecular flexibility index (Phi) is 6.99. The van der Waals surface area contributed by atoms with E-state index in [9.17, 15) is 9.59 Å². The number of hydrogen-bond acceptors (Lipinski definition) is 3. The maximum atomic E-state index is 13.0. The standard InChI is InChI=1S/C25H28ClN5O2/c1-17(2)23-22(16-28-31(23)21-10-6-8-19(26)14-21)24(32)27-15-18-7-5-9-20(13-18)29-25(33)30-11-3-4-12-30/h5-10,13-14,16-17H,3-4,11-12,15H2,1-2H3,(H,27,32)(H,29,33). The average molecular weight is 466 g/mol. The molecule has 0 aliphatic carbocycles. The fourth-order valence-corrected chi connectivity index (χ4v) is 4.25. The van der Waals surface area contributed by atoms with Crippen molar-refractivity contribution in [2.24, 2.45) is 0 Å². The van der Waals surface area contributed by atoms with Crippen LogP contribution in [0.5, 0.6) is 0 Å². The first-order valence-electron chi connectivity index (χ1n) is 11.2. The zero-order valence-corrected chi connectivity index (χ0v) is 19.6. The van der Waals surface area contributed by atoms with Gasteiger partial charge in [0.05, 0.1) is 23.1 Å². The zero-order chi connectivity index (χ0) is 23.4. The summed E-state index contributed by atoms with van der Waals surface area (Å²) in [5.41, 5.74) is 3.78. The molecule has 1 fully saturated rings. The molecule has 172 valence electrons. The van der Waals surface area contributed by atoms with E-state index in [0.29, 0.717) is 17.1 Å². The minimum Gasteiger partial charge on any atom is -0.348 e. The van der Waals surface area contributed by atoms with E-state index in [-0.39, 0.29) is 17.9 Å². The lowest BCUT2D eigenvalue weighted by Gasteiger charge is -2.16. The lowest BCUT2D eigenvalue weighted by atomic mass is 10.0. The van der Waals surface area contributed by atoms with Crippen molar-refractivity contribution in [1.82, 2.24) is 20.0 Å². The van der Waals surface area contributed by atoms with E-state index in [1.165, 1.54) is 0 Å². The fraction of sp³-hybridized carbons (Fsp3) is 0.320. The Morgan fingerprint density at radius 1 is 1.09 bits per heavy atom. The van der Waals surface area contributed by atoms with Crippen molar-refractivity contribution in [3.63, 3.8) is 0 Å². The van der Waals surface area contributed by atoms with Crippen molar-refractivity contribution < 1.29 is 9.59 Å². The highest BCUT2D eigenvalue weighted by molar-refractivity contribution is 6.30. The largest absolute Gasteiger partial charge is 0.348 e. The molecule has 8 heteroatoms. The Morgan fingerprint density at radius 2 is 1.85 bits per heavy atom. The second-order valence-electron chi connectivity index (χ2n) is 8.50. The van der Waals surface area contributed by atoms with E-state index in [1.807, 2.05) is 61.2 Å². The van der Waals surface area contributed by atoms with Crippen molar-refractivity contribution in [2.75, 3.05) is 18.4 Å². The third-order valence-electron chi connectivity index (χ3n) is 5.68. The van der Waals surface area contributed by atoms with Crippen LogP contribution in [0.15, 0.2) is 54.7 Å². The van der Waals surface area contributed by atoms with Crippen LogP contribution >= 0.6 is 11.6 Å². The number of benzene rings is 2. The minimum atomic E-state index is -0.196. The number of carbonyl (C=O) groups excluding carboxylic acids is 2. The van der Waals surface area contributed by atoms with E-state index < -0.39 is 0 Å². The van der Waals surface area contributed by atoms with Gasteiger partial charge in [0.2, 0.25) is 0 Å². The van der Waals surface area contributed by atoms with Crippen LogP contribution in [0.4, 0.5) is 10.5 Å². The second kappa shape index (κ2) is 10.1. The van der Waals surface area contributed by atoms with Gasteiger partial charge in [-0.05, 0) is 54.7 Å². The minimum absolute atomic E-state index is 0.0799. The number of aromatic nitrogens is 2. The summed E-state index contributed by atoms with van der Waals surface area (Å²) < 4.78 is 1.76. The van der Waals surface area contributed by atoms with Crippen LogP contribution in [0.1, 0.15) is 54.2 Å². The molecular weight excluding hydrogens is 438 g/mol. The molecule has 2 aromatic carbocycles. The van der Waals surface area contributed by atoms with Crippen LogP contribution in [0.25, 0.3) is 5.69 Å². The van der Waals surface area contributed by atoms with Gasteiger partial charge in [0.1, 0.15) is 0 Å². The maximum Gasteiger partial charge on any atom is 0.321 e. The van der Waals surface area contributed by atoms with Crippen molar-refractivity contribution in [3.8, 4) is 5.69 Å². The van der Waals surface area contributed by atoms with Gasteiger partial charge in [-0.3, -0.25) is 4.79 Å². The summed E-state index contributed by atoms with van der Waals surface area (Å²) in [6.07, 6.45) is 3.69. The first kappa shape index (κ1) is 22.9. The van der Waals surface area contributed by atoms with Gasteiger partial charge in [-0.25, -0.2) is 9.48 Å². The molecule has 0 unspecified atom stereocenters. The van der Waals surface area contributed by atoms with E-state index in [4.69, 9.17) is 11.6 Å². The van der Waals surface area contributed by atoms with Crippen LogP contribution in [0, 0.1) is 0 Å². The molecule has 1 aliphatic rings. The van der Waals surface area contributed by atoms with E-state index in [1.54, 1.807) is 16.9 Å². The number of nitrogens with zero attached hydrogens (tertiary/aromatic N) is 3. The summed E-state index contributed by atoms with van der Waals surface area (Å²) in [6.45, 7) is 5.99. The molecule has 33 heavy (non-hydrogen) atoms. The Labute approximate surface area is 198 Å². The summed E-state index contributed by atoms with van der Waals surface area (Å²) in [5.74, 6) is -0.116. The number of halogens is 1. The Bertz CT molecular complexity index is 1150. The highest BCUT2D eigenvalue weighted by Gasteiger charge is 2.21. The Balaban J connectivity index is 1.45. The predicted octanol–water partition coefficient (Wildman–Crippen LogP) is 5.21. The summed E-state index contributed by atoms with van der Waals surface area (Å²) in [7, 11) is 0. The third kappa shape index (κ3) is 5.37. The molecule has 1 saturated heterocycles. The van der Waals surface area contributed by atoms with Crippen molar-refractivity contribution in [3.05, 3.63) is 76.6 Å². The molecule has 0 radical (unpaired) electrons. The molecular formula is C25H28ClN5O2. The Hall–Kier alpha value is -3.32.